The van der Waals surface area contributed by atoms with Gasteiger partial charge in [0.15, 0.2) is 5.65 Å². The Hall–Kier alpha value is -0.850. The Kier molecular flexibility index (Phi) is 1.87. The van der Waals surface area contributed by atoms with Crippen LogP contribution in [0.5, 0.6) is 5.75 Å². The summed E-state index contributed by atoms with van der Waals surface area (Å²) >= 11 is 2.19. The zero-order valence-electron chi connectivity index (χ0n) is 6.36. The molecular formula is C7H6IN3O. The molecule has 0 saturated carbocycles. The quantitative estimate of drug-likeness (QED) is 0.737. The molecule has 4 nitrogen and oxygen atoms in total. The standard InChI is InChI=1S/C7H6IN3O/c1-12-5-2-3-11-4-9-10-7(11)6(5)8/h2-4H,1H3. The first-order chi connectivity index (χ1) is 5.83. The van der Waals surface area contributed by atoms with Gasteiger partial charge in [-0.3, -0.25) is 4.40 Å². The normalized spacial score (nSPS) is 10.5. The summed E-state index contributed by atoms with van der Waals surface area (Å²) in [5.74, 6) is 0.830. The van der Waals surface area contributed by atoms with Crippen LogP contribution in [0.4, 0.5) is 0 Å². The number of aromatic nitrogens is 3. The maximum absolute atomic E-state index is 5.13. The zero-order valence-corrected chi connectivity index (χ0v) is 8.52. The van der Waals surface area contributed by atoms with E-state index in [2.05, 4.69) is 32.8 Å². The molecule has 12 heavy (non-hydrogen) atoms. The number of ether oxygens (including phenoxy) is 1. The Labute approximate surface area is 82.7 Å². The third kappa shape index (κ3) is 1.04. The fourth-order valence-corrected chi connectivity index (χ4v) is 1.78. The molecule has 0 aliphatic heterocycles. The Morgan fingerprint density at radius 3 is 3.17 bits per heavy atom. The SMILES string of the molecule is COc1ccn2cnnc2c1I. The minimum Gasteiger partial charge on any atom is -0.495 e. The van der Waals surface area contributed by atoms with E-state index in [4.69, 9.17) is 4.74 Å². The van der Waals surface area contributed by atoms with Crippen LogP contribution < -0.4 is 4.74 Å². The summed E-state index contributed by atoms with van der Waals surface area (Å²) < 4.78 is 7.97. The van der Waals surface area contributed by atoms with Gasteiger partial charge in [0.2, 0.25) is 0 Å². The Balaban J connectivity index is 2.78. The fraction of sp³-hybridized carbons (Fsp3) is 0.143. The maximum Gasteiger partial charge on any atom is 0.177 e. The number of methoxy groups -OCH3 is 1. The molecule has 2 aromatic heterocycles. The number of halogens is 1. The molecule has 0 N–H and O–H groups in total. The Morgan fingerprint density at radius 1 is 1.58 bits per heavy atom. The van der Waals surface area contributed by atoms with Crippen molar-refractivity contribution in [2.24, 2.45) is 0 Å². The number of fused-ring (bicyclic) bond motifs is 1. The van der Waals surface area contributed by atoms with Crippen LogP contribution in [0.3, 0.4) is 0 Å². The van der Waals surface area contributed by atoms with Gasteiger partial charge in [-0.2, -0.15) is 0 Å². The number of pyridine rings is 1. The predicted octanol–water partition coefficient (Wildman–Crippen LogP) is 1.34. The summed E-state index contributed by atoms with van der Waals surface area (Å²) in [6, 6.07) is 1.89. The van der Waals surface area contributed by atoms with Crippen molar-refractivity contribution in [3.8, 4) is 5.75 Å². The first-order valence-electron chi connectivity index (χ1n) is 3.35. The molecule has 0 unspecified atom stereocenters. The summed E-state index contributed by atoms with van der Waals surface area (Å²) in [6.45, 7) is 0. The first kappa shape index (κ1) is 7.78. The van der Waals surface area contributed by atoms with Gasteiger partial charge >= 0.3 is 0 Å². The van der Waals surface area contributed by atoms with Crippen molar-refractivity contribution in [1.82, 2.24) is 14.6 Å². The van der Waals surface area contributed by atoms with Crippen molar-refractivity contribution in [3.63, 3.8) is 0 Å². The van der Waals surface area contributed by atoms with Crippen molar-refractivity contribution >= 4 is 28.2 Å². The molecule has 0 fully saturated rings. The molecule has 0 amide bonds. The summed E-state index contributed by atoms with van der Waals surface area (Å²) in [7, 11) is 1.64. The Morgan fingerprint density at radius 2 is 2.42 bits per heavy atom. The van der Waals surface area contributed by atoms with E-state index in [1.54, 1.807) is 13.4 Å². The van der Waals surface area contributed by atoms with Crippen molar-refractivity contribution in [1.29, 1.82) is 0 Å². The fourth-order valence-electron chi connectivity index (χ4n) is 0.998. The topological polar surface area (TPSA) is 39.4 Å². The van der Waals surface area contributed by atoms with Gasteiger partial charge in [-0.25, -0.2) is 0 Å². The van der Waals surface area contributed by atoms with Gasteiger partial charge in [0.25, 0.3) is 0 Å². The second-order valence-electron chi connectivity index (χ2n) is 2.26. The van der Waals surface area contributed by atoms with E-state index in [1.165, 1.54) is 0 Å². The van der Waals surface area contributed by atoms with Gasteiger partial charge in [0.1, 0.15) is 15.6 Å². The summed E-state index contributed by atoms with van der Waals surface area (Å²) in [6.07, 6.45) is 3.53. The van der Waals surface area contributed by atoms with Gasteiger partial charge in [0, 0.05) is 6.20 Å². The second-order valence-corrected chi connectivity index (χ2v) is 3.34. The lowest BCUT2D eigenvalue weighted by Crippen LogP contribution is -1.91. The van der Waals surface area contributed by atoms with Crippen LogP contribution in [0.25, 0.3) is 5.65 Å². The molecule has 0 aliphatic rings. The van der Waals surface area contributed by atoms with E-state index >= 15 is 0 Å². The van der Waals surface area contributed by atoms with E-state index in [9.17, 15) is 0 Å². The lowest BCUT2D eigenvalue weighted by molar-refractivity contribution is 0.411. The van der Waals surface area contributed by atoms with Gasteiger partial charge in [-0.05, 0) is 28.7 Å². The van der Waals surface area contributed by atoms with Gasteiger partial charge < -0.3 is 4.74 Å². The third-order valence-corrected chi connectivity index (χ3v) is 2.61. The highest BCUT2D eigenvalue weighted by Crippen LogP contribution is 2.22. The highest BCUT2D eigenvalue weighted by atomic mass is 127. The number of hydrogen-bond acceptors (Lipinski definition) is 3. The van der Waals surface area contributed by atoms with Crippen molar-refractivity contribution < 1.29 is 4.74 Å². The lowest BCUT2D eigenvalue weighted by atomic mass is 10.4. The highest BCUT2D eigenvalue weighted by Gasteiger charge is 2.05. The van der Waals surface area contributed by atoms with Gasteiger partial charge in [0.05, 0.1) is 7.11 Å². The van der Waals surface area contributed by atoms with E-state index in [0.29, 0.717) is 0 Å². The molecule has 0 spiro atoms. The number of nitrogens with zero attached hydrogens (tertiary/aromatic N) is 3. The average molecular weight is 275 g/mol. The monoisotopic (exact) mass is 275 g/mol. The van der Waals surface area contributed by atoms with Crippen LogP contribution in [0.1, 0.15) is 0 Å². The lowest BCUT2D eigenvalue weighted by Gasteiger charge is -2.02. The molecule has 0 atom stereocenters. The number of rotatable bonds is 1. The van der Waals surface area contributed by atoms with E-state index in [0.717, 1.165) is 15.0 Å². The Bertz CT molecular complexity index is 412. The molecule has 5 heteroatoms. The van der Waals surface area contributed by atoms with Crippen molar-refractivity contribution in [2.75, 3.05) is 7.11 Å². The molecular weight excluding hydrogens is 269 g/mol. The van der Waals surface area contributed by atoms with E-state index in [1.807, 2.05) is 16.7 Å². The average Bonchev–Trinajstić information content (AvgIpc) is 2.53. The van der Waals surface area contributed by atoms with E-state index < -0.39 is 0 Å². The smallest absolute Gasteiger partial charge is 0.177 e. The summed E-state index contributed by atoms with van der Waals surface area (Å²) in [4.78, 5) is 0. The molecule has 0 saturated heterocycles. The minimum absolute atomic E-state index is 0.829. The van der Waals surface area contributed by atoms with Crippen LogP contribution in [0.2, 0.25) is 0 Å². The van der Waals surface area contributed by atoms with Crippen LogP contribution in [-0.2, 0) is 0 Å². The van der Waals surface area contributed by atoms with Crippen LogP contribution in [0, 0.1) is 3.57 Å². The summed E-state index contributed by atoms with van der Waals surface area (Å²) in [5.41, 5.74) is 0.829. The zero-order chi connectivity index (χ0) is 8.55. The molecule has 2 aromatic rings. The predicted molar refractivity (Wildman–Crippen MR) is 52.3 cm³/mol. The molecule has 0 aliphatic carbocycles. The number of hydrogen-bond donors (Lipinski definition) is 0. The maximum atomic E-state index is 5.13. The molecule has 2 rings (SSSR count). The molecule has 2 heterocycles. The van der Waals surface area contributed by atoms with Crippen LogP contribution in [0.15, 0.2) is 18.6 Å². The molecule has 0 bridgehead atoms. The van der Waals surface area contributed by atoms with E-state index in [-0.39, 0.29) is 0 Å². The van der Waals surface area contributed by atoms with Crippen LogP contribution >= 0.6 is 22.6 Å². The molecule has 62 valence electrons. The van der Waals surface area contributed by atoms with Crippen LogP contribution in [-0.4, -0.2) is 21.7 Å². The highest BCUT2D eigenvalue weighted by molar-refractivity contribution is 14.1. The first-order valence-corrected chi connectivity index (χ1v) is 4.42. The van der Waals surface area contributed by atoms with Crippen molar-refractivity contribution in [3.05, 3.63) is 22.2 Å². The van der Waals surface area contributed by atoms with Crippen molar-refractivity contribution in [2.45, 2.75) is 0 Å². The third-order valence-electron chi connectivity index (χ3n) is 1.59. The largest absolute Gasteiger partial charge is 0.495 e. The minimum atomic E-state index is 0.829. The van der Waals surface area contributed by atoms with Gasteiger partial charge in [-0.15, -0.1) is 10.2 Å². The molecule has 0 radical (unpaired) electrons. The van der Waals surface area contributed by atoms with Gasteiger partial charge in [-0.1, -0.05) is 0 Å². The summed E-state index contributed by atoms with van der Waals surface area (Å²) in [5, 5.41) is 7.74. The second kappa shape index (κ2) is 2.89. The molecule has 0 aromatic carbocycles.